The summed E-state index contributed by atoms with van der Waals surface area (Å²) in [5, 5.41) is 1.14. The van der Waals surface area contributed by atoms with E-state index in [4.69, 9.17) is 34.8 Å². The van der Waals surface area contributed by atoms with Crippen LogP contribution >= 0.6 is 46.1 Å². The Morgan fingerprint density at radius 3 is 2.23 bits per heavy atom. The van der Waals surface area contributed by atoms with Gasteiger partial charge < -0.3 is 0 Å². The van der Waals surface area contributed by atoms with Gasteiger partial charge in [0.1, 0.15) is 0 Å². The van der Waals surface area contributed by atoms with Crippen molar-refractivity contribution in [3.8, 4) is 0 Å². The summed E-state index contributed by atoms with van der Waals surface area (Å²) < 4.78 is 41.2. The highest BCUT2D eigenvalue weighted by Gasteiger charge is 2.36. The predicted octanol–water partition coefficient (Wildman–Crippen LogP) is 7.69. The Kier molecular flexibility index (Phi) is 5.35. The van der Waals surface area contributed by atoms with Crippen LogP contribution in [0.25, 0.3) is 15.7 Å². The van der Waals surface area contributed by atoms with Crippen molar-refractivity contribution in [1.82, 2.24) is 0 Å². The average molecular weight is 436 g/mol. The van der Waals surface area contributed by atoms with Crippen LogP contribution < -0.4 is 0 Å². The average Bonchev–Trinajstić information content (AvgIpc) is 2.96. The number of rotatable bonds is 3. The molecule has 0 atom stereocenters. The lowest BCUT2D eigenvalue weighted by molar-refractivity contribution is -0.0689. The van der Waals surface area contributed by atoms with Crippen molar-refractivity contribution < 1.29 is 18.0 Å². The van der Waals surface area contributed by atoms with Gasteiger partial charge in [-0.25, -0.2) is 0 Å². The van der Waals surface area contributed by atoms with E-state index in [-0.39, 0.29) is 20.5 Å². The van der Waals surface area contributed by atoms with Crippen molar-refractivity contribution in [2.45, 2.75) is 6.18 Å². The zero-order chi connectivity index (χ0) is 19.1. The molecule has 134 valence electrons. The van der Waals surface area contributed by atoms with Gasteiger partial charge in [-0.15, -0.1) is 11.3 Å². The van der Waals surface area contributed by atoms with Gasteiger partial charge in [-0.05, 0) is 48.0 Å². The van der Waals surface area contributed by atoms with E-state index in [9.17, 15) is 18.0 Å². The fraction of sp³-hybridized carbons (Fsp3) is 0.0556. The smallest absolute Gasteiger partial charge is 0.288 e. The third-order valence-electron chi connectivity index (χ3n) is 3.51. The number of thiophene rings is 1. The van der Waals surface area contributed by atoms with E-state index in [0.29, 0.717) is 21.2 Å². The summed E-state index contributed by atoms with van der Waals surface area (Å²) in [7, 11) is 0. The Bertz CT molecular complexity index is 1020. The molecule has 0 aliphatic carbocycles. The van der Waals surface area contributed by atoms with Crippen LogP contribution in [0.1, 0.15) is 15.2 Å². The van der Waals surface area contributed by atoms with Crippen LogP contribution in [0, 0.1) is 0 Å². The summed E-state index contributed by atoms with van der Waals surface area (Å²) in [6.45, 7) is 0. The molecule has 8 heteroatoms. The van der Waals surface area contributed by atoms with E-state index in [1.807, 2.05) is 0 Å². The maximum atomic E-state index is 13.5. The zero-order valence-electron chi connectivity index (χ0n) is 12.7. The maximum Gasteiger partial charge on any atom is 0.417 e. The molecule has 1 nitrogen and oxygen atoms in total. The first-order chi connectivity index (χ1) is 12.1. The molecule has 1 aromatic heterocycles. The molecule has 0 spiro atoms. The van der Waals surface area contributed by atoms with Crippen LogP contribution in [0.4, 0.5) is 13.2 Å². The molecule has 0 fully saturated rings. The highest BCUT2D eigenvalue weighted by atomic mass is 35.5. The Labute approximate surface area is 165 Å². The molecule has 0 saturated carbocycles. The SMILES string of the molecule is O=C(C=C(c1cc(Cl)cc(Cl)c1)C(F)(F)F)c1cc2c(Cl)cccc2s1. The van der Waals surface area contributed by atoms with Gasteiger partial charge in [-0.2, -0.15) is 13.2 Å². The minimum atomic E-state index is -4.75. The number of halogens is 6. The number of benzene rings is 2. The number of carbonyl (C=O) groups is 1. The third-order valence-corrected chi connectivity index (χ3v) is 5.39. The van der Waals surface area contributed by atoms with Crippen LogP contribution in [0.3, 0.4) is 0 Å². The molecule has 0 N–H and O–H groups in total. The van der Waals surface area contributed by atoms with Gasteiger partial charge in [0, 0.05) is 25.2 Å². The molecule has 0 unspecified atom stereocenters. The van der Waals surface area contributed by atoms with E-state index in [2.05, 4.69) is 0 Å². The summed E-state index contributed by atoms with van der Waals surface area (Å²) in [5.74, 6) is -0.773. The third kappa shape index (κ3) is 4.07. The molecule has 0 bridgehead atoms. The van der Waals surface area contributed by atoms with Crippen LogP contribution in [0.15, 0.2) is 48.5 Å². The highest BCUT2D eigenvalue weighted by molar-refractivity contribution is 7.21. The Hall–Kier alpha value is -1.53. The molecule has 3 aromatic rings. The van der Waals surface area contributed by atoms with Crippen molar-refractivity contribution >= 4 is 67.6 Å². The van der Waals surface area contributed by atoms with Gasteiger partial charge in [0.15, 0.2) is 5.78 Å². The molecule has 26 heavy (non-hydrogen) atoms. The van der Waals surface area contributed by atoms with Crippen molar-refractivity contribution in [3.63, 3.8) is 0 Å². The van der Waals surface area contributed by atoms with Crippen molar-refractivity contribution in [1.29, 1.82) is 0 Å². The largest absolute Gasteiger partial charge is 0.417 e. The van der Waals surface area contributed by atoms with E-state index < -0.39 is 17.5 Å². The lowest BCUT2D eigenvalue weighted by Crippen LogP contribution is -2.12. The fourth-order valence-corrected chi connectivity index (χ4v) is 4.20. The molecule has 0 radical (unpaired) electrons. The number of fused-ring (bicyclic) bond motifs is 1. The van der Waals surface area contributed by atoms with Gasteiger partial charge in [-0.1, -0.05) is 40.9 Å². The standard InChI is InChI=1S/C18H8Cl3F3OS/c19-10-4-9(5-11(20)6-10)13(18(22,23)24)8-15(25)17-7-12-14(21)2-1-3-16(12)26-17/h1-8H. The first kappa shape index (κ1) is 19.2. The van der Waals surface area contributed by atoms with E-state index in [0.717, 1.165) is 23.5 Å². The van der Waals surface area contributed by atoms with Crippen LogP contribution in [0.2, 0.25) is 15.1 Å². The molecule has 0 saturated heterocycles. The summed E-state index contributed by atoms with van der Waals surface area (Å²) in [6, 6.07) is 10.1. The lowest BCUT2D eigenvalue weighted by Gasteiger charge is -2.12. The summed E-state index contributed by atoms with van der Waals surface area (Å²) in [4.78, 5) is 12.6. The number of carbonyl (C=O) groups excluding carboxylic acids is 1. The lowest BCUT2D eigenvalue weighted by atomic mass is 10.0. The molecule has 3 rings (SSSR count). The van der Waals surface area contributed by atoms with Crippen LogP contribution in [-0.2, 0) is 0 Å². The summed E-state index contributed by atoms with van der Waals surface area (Å²) in [6.07, 6.45) is -4.20. The van der Waals surface area contributed by atoms with Gasteiger partial charge >= 0.3 is 6.18 Å². The fourth-order valence-electron chi connectivity index (χ4n) is 2.39. The number of hydrogen-bond donors (Lipinski definition) is 0. The zero-order valence-corrected chi connectivity index (χ0v) is 15.8. The molecular weight excluding hydrogens is 428 g/mol. The Morgan fingerprint density at radius 1 is 1.00 bits per heavy atom. The topological polar surface area (TPSA) is 17.1 Å². The number of allylic oxidation sites excluding steroid dienone is 2. The molecule has 0 aliphatic heterocycles. The van der Waals surface area contributed by atoms with Crippen molar-refractivity contribution in [3.05, 3.63) is 74.0 Å². The van der Waals surface area contributed by atoms with Crippen molar-refractivity contribution in [2.75, 3.05) is 0 Å². The summed E-state index contributed by atoms with van der Waals surface area (Å²) in [5.41, 5.74) is -1.39. The van der Waals surface area contributed by atoms with Crippen molar-refractivity contribution in [2.24, 2.45) is 0 Å². The molecule has 0 amide bonds. The number of hydrogen-bond acceptors (Lipinski definition) is 2. The van der Waals surface area contributed by atoms with Gasteiger partial charge in [0.05, 0.1) is 10.5 Å². The van der Waals surface area contributed by atoms with Gasteiger partial charge in [0.25, 0.3) is 0 Å². The second-order valence-corrected chi connectivity index (χ2v) is 7.70. The second kappa shape index (κ2) is 7.24. The number of alkyl halides is 3. The van der Waals surface area contributed by atoms with E-state index in [1.165, 1.54) is 12.1 Å². The van der Waals surface area contributed by atoms with Gasteiger partial charge in [-0.3, -0.25) is 4.79 Å². The Morgan fingerprint density at radius 2 is 1.65 bits per heavy atom. The maximum absolute atomic E-state index is 13.5. The quantitative estimate of drug-likeness (QED) is 0.304. The monoisotopic (exact) mass is 434 g/mol. The predicted molar refractivity (Wildman–Crippen MR) is 102 cm³/mol. The number of ketones is 1. The minimum Gasteiger partial charge on any atom is -0.288 e. The first-order valence-electron chi connectivity index (χ1n) is 7.13. The first-order valence-corrected chi connectivity index (χ1v) is 9.08. The second-order valence-electron chi connectivity index (χ2n) is 5.34. The van der Waals surface area contributed by atoms with Gasteiger partial charge in [0.2, 0.25) is 0 Å². The Balaban J connectivity index is 2.09. The van der Waals surface area contributed by atoms with E-state index >= 15 is 0 Å². The minimum absolute atomic E-state index is 0.0451. The van der Waals surface area contributed by atoms with Crippen LogP contribution in [0.5, 0.6) is 0 Å². The normalized spacial score (nSPS) is 12.6. The molecule has 2 aromatic carbocycles. The van der Waals surface area contributed by atoms with E-state index in [1.54, 1.807) is 18.2 Å². The summed E-state index contributed by atoms with van der Waals surface area (Å²) >= 11 is 18.7. The highest BCUT2D eigenvalue weighted by Crippen LogP contribution is 2.37. The molecule has 0 aliphatic rings. The molecular formula is C18H8Cl3F3OS. The molecule has 1 heterocycles. The van der Waals surface area contributed by atoms with Crippen LogP contribution in [-0.4, -0.2) is 12.0 Å².